The molecule has 1 aromatic rings. The van der Waals surface area contributed by atoms with Gasteiger partial charge in [-0.25, -0.2) is 0 Å². The van der Waals surface area contributed by atoms with Gasteiger partial charge in [-0.05, 0) is 30.7 Å². The minimum absolute atomic E-state index is 0.0152. The summed E-state index contributed by atoms with van der Waals surface area (Å²) in [5.74, 6) is 0.157. The Bertz CT molecular complexity index is 602. The van der Waals surface area contributed by atoms with Gasteiger partial charge in [0.2, 0.25) is 0 Å². The third kappa shape index (κ3) is 6.31. The molecule has 0 bridgehead atoms. The van der Waals surface area contributed by atoms with Crippen molar-refractivity contribution in [1.82, 2.24) is 9.80 Å². The largest absolute Gasteiger partial charge is 0.484 e. The molecule has 1 aliphatic rings. The van der Waals surface area contributed by atoms with E-state index >= 15 is 0 Å². The van der Waals surface area contributed by atoms with Crippen LogP contribution in [0.25, 0.3) is 0 Å². The summed E-state index contributed by atoms with van der Waals surface area (Å²) in [5, 5.41) is 8.82. The minimum Gasteiger partial charge on any atom is -0.484 e. The molecule has 0 aliphatic carbocycles. The Hall–Kier alpha value is -2.12. The van der Waals surface area contributed by atoms with Crippen molar-refractivity contribution in [3.8, 4) is 5.75 Å². The molecule has 26 heavy (non-hydrogen) atoms. The molecule has 0 saturated carbocycles. The first kappa shape index (κ1) is 20.2. The molecule has 1 amide bonds. The van der Waals surface area contributed by atoms with E-state index in [-0.39, 0.29) is 25.2 Å². The van der Waals surface area contributed by atoms with Crippen LogP contribution in [-0.2, 0) is 14.3 Å². The van der Waals surface area contributed by atoms with Crippen LogP contribution in [-0.4, -0.2) is 79.3 Å². The number of benzene rings is 1. The van der Waals surface area contributed by atoms with Gasteiger partial charge in [0, 0.05) is 19.6 Å². The van der Waals surface area contributed by atoms with Gasteiger partial charge in [-0.1, -0.05) is 26.0 Å². The summed E-state index contributed by atoms with van der Waals surface area (Å²) < 4.78 is 11.2. The highest BCUT2D eigenvalue weighted by Crippen LogP contribution is 2.18. The number of amides is 1. The second-order valence-corrected chi connectivity index (χ2v) is 6.94. The maximum Gasteiger partial charge on any atom is 0.317 e. The molecule has 1 atom stereocenters. The van der Waals surface area contributed by atoms with Crippen molar-refractivity contribution >= 4 is 11.9 Å². The van der Waals surface area contributed by atoms with E-state index in [4.69, 9.17) is 14.6 Å². The lowest BCUT2D eigenvalue weighted by Gasteiger charge is -2.34. The Morgan fingerprint density at radius 3 is 2.65 bits per heavy atom. The third-order valence-electron chi connectivity index (χ3n) is 4.32. The Morgan fingerprint density at radius 1 is 1.35 bits per heavy atom. The second-order valence-electron chi connectivity index (χ2n) is 6.94. The average Bonchev–Trinajstić information content (AvgIpc) is 2.59. The van der Waals surface area contributed by atoms with Gasteiger partial charge in [0.25, 0.3) is 5.91 Å². The predicted octanol–water partition coefficient (Wildman–Crippen LogP) is 1.43. The van der Waals surface area contributed by atoms with E-state index in [2.05, 4.69) is 13.8 Å². The number of ether oxygens (including phenoxy) is 2. The fourth-order valence-electron chi connectivity index (χ4n) is 2.88. The Balaban J connectivity index is 1.80. The standard InChI is InChI=1S/C19H28N2O5/c1-14(2)15-4-6-16(7-5-15)26-13-18(22)21-8-9-25-17(11-21)10-20(3)12-19(23)24/h4-7,14,17H,8-13H2,1-3H3,(H,23,24). The van der Waals surface area contributed by atoms with Crippen LogP contribution in [0.2, 0.25) is 0 Å². The van der Waals surface area contributed by atoms with Crippen LogP contribution in [0.1, 0.15) is 25.3 Å². The average molecular weight is 364 g/mol. The summed E-state index contributed by atoms with van der Waals surface area (Å²) in [6, 6.07) is 7.78. The first-order valence-electron chi connectivity index (χ1n) is 8.87. The summed E-state index contributed by atoms with van der Waals surface area (Å²) in [4.78, 5) is 26.5. The highest BCUT2D eigenvalue weighted by atomic mass is 16.5. The van der Waals surface area contributed by atoms with Crippen LogP contribution in [0.5, 0.6) is 5.75 Å². The summed E-state index contributed by atoms with van der Waals surface area (Å²) >= 11 is 0. The zero-order valence-electron chi connectivity index (χ0n) is 15.7. The lowest BCUT2D eigenvalue weighted by Crippen LogP contribution is -2.50. The number of nitrogens with zero attached hydrogens (tertiary/aromatic N) is 2. The number of rotatable bonds is 8. The molecule has 0 radical (unpaired) electrons. The van der Waals surface area contributed by atoms with Gasteiger partial charge in [0.15, 0.2) is 6.61 Å². The Morgan fingerprint density at radius 2 is 2.04 bits per heavy atom. The number of likely N-dealkylation sites (N-methyl/N-ethyl adjacent to an activating group) is 1. The molecular formula is C19H28N2O5. The molecule has 0 spiro atoms. The molecule has 7 heteroatoms. The molecule has 1 aliphatic heterocycles. The van der Waals surface area contributed by atoms with Crippen molar-refractivity contribution in [3.63, 3.8) is 0 Å². The molecule has 1 unspecified atom stereocenters. The quantitative estimate of drug-likeness (QED) is 0.752. The van der Waals surface area contributed by atoms with E-state index in [0.717, 1.165) is 0 Å². The van der Waals surface area contributed by atoms with Crippen molar-refractivity contribution in [1.29, 1.82) is 0 Å². The summed E-state index contributed by atoms with van der Waals surface area (Å²) in [5.41, 5.74) is 1.23. The monoisotopic (exact) mass is 364 g/mol. The highest BCUT2D eigenvalue weighted by molar-refractivity contribution is 5.78. The lowest BCUT2D eigenvalue weighted by molar-refractivity contribution is -0.143. The smallest absolute Gasteiger partial charge is 0.317 e. The van der Waals surface area contributed by atoms with Crippen molar-refractivity contribution in [3.05, 3.63) is 29.8 Å². The zero-order chi connectivity index (χ0) is 19.1. The number of hydrogen-bond acceptors (Lipinski definition) is 5. The number of carboxylic acid groups (broad SMARTS) is 1. The second kappa shape index (κ2) is 9.54. The molecule has 1 saturated heterocycles. The van der Waals surface area contributed by atoms with Crippen molar-refractivity contribution in [2.75, 3.05) is 46.4 Å². The van der Waals surface area contributed by atoms with E-state index in [1.165, 1.54) is 5.56 Å². The predicted molar refractivity (Wildman–Crippen MR) is 97.5 cm³/mol. The van der Waals surface area contributed by atoms with E-state index in [1.807, 2.05) is 24.3 Å². The van der Waals surface area contributed by atoms with Gasteiger partial charge >= 0.3 is 5.97 Å². The van der Waals surface area contributed by atoms with Gasteiger partial charge in [-0.15, -0.1) is 0 Å². The zero-order valence-corrected chi connectivity index (χ0v) is 15.7. The fraction of sp³-hybridized carbons (Fsp3) is 0.579. The highest BCUT2D eigenvalue weighted by Gasteiger charge is 2.25. The molecule has 144 valence electrons. The van der Waals surface area contributed by atoms with Crippen molar-refractivity contribution < 1.29 is 24.2 Å². The molecule has 0 aromatic heterocycles. The third-order valence-corrected chi connectivity index (χ3v) is 4.32. The summed E-state index contributed by atoms with van der Waals surface area (Å²) in [6.07, 6.45) is -0.192. The first-order chi connectivity index (χ1) is 12.3. The van der Waals surface area contributed by atoms with Crippen LogP contribution in [0.3, 0.4) is 0 Å². The van der Waals surface area contributed by atoms with E-state index < -0.39 is 5.97 Å². The number of morpholine rings is 1. The summed E-state index contributed by atoms with van der Waals surface area (Å²) in [6.45, 7) is 6.06. The summed E-state index contributed by atoms with van der Waals surface area (Å²) in [7, 11) is 1.72. The number of carboxylic acids is 1. The molecule has 2 rings (SSSR count). The van der Waals surface area contributed by atoms with Crippen molar-refractivity contribution in [2.45, 2.75) is 25.9 Å². The molecular weight excluding hydrogens is 336 g/mol. The minimum atomic E-state index is -0.881. The van der Waals surface area contributed by atoms with Crippen LogP contribution >= 0.6 is 0 Å². The van der Waals surface area contributed by atoms with Gasteiger partial charge in [-0.3, -0.25) is 14.5 Å². The van der Waals surface area contributed by atoms with Crippen LogP contribution in [0, 0.1) is 0 Å². The molecule has 1 aromatic carbocycles. The van der Waals surface area contributed by atoms with Crippen LogP contribution in [0.15, 0.2) is 24.3 Å². The van der Waals surface area contributed by atoms with Crippen molar-refractivity contribution in [2.24, 2.45) is 0 Å². The lowest BCUT2D eigenvalue weighted by atomic mass is 10.0. The van der Waals surface area contributed by atoms with Crippen LogP contribution in [0.4, 0.5) is 0 Å². The number of carbonyl (C=O) groups excluding carboxylic acids is 1. The van der Waals surface area contributed by atoms with Gasteiger partial charge in [-0.2, -0.15) is 0 Å². The van der Waals surface area contributed by atoms with E-state index in [9.17, 15) is 9.59 Å². The Labute approximate surface area is 154 Å². The molecule has 1 fully saturated rings. The fourth-order valence-corrected chi connectivity index (χ4v) is 2.88. The molecule has 1 heterocycles. The van der Waals surface area contributed by atoms with Gasteiger partial charge < -0.3 is 19.5 Å². The number of carbonyl (C=O) groups is 2. The maximum atomic E-state index is 12.4. The number of aliphatic carboxylic acids is 1. The SMILES string of the molecule is CC(C)c1ccc(OCC(=O)N2CCOC(CN(C)CC(=O)O)C2)cc1. The Kier molecular flexibility index (Phi) is 7.41. The molecule has 7 nitrogen and oxygen atoms in total. The topological polar surface area (TPSA) is 79.3 Å². The maximum absolute atomic E-state index is 12.4. The molecule has 1 N–H and O–H groups in total. The number of hydrogen-bond donors (Lipinski definition) is 1. The van der Waals surface area contributed by atoms with E-state index in [1.54, 1.807) is 16.8 Å². The van der Waals surface area contributed by atoms with E-state index in [0.29, 0.717) is 37.9 Å². The first-order valence-corrected chi connectivity index (χ1v) is 8.87. The van der Waals surface area contributed by atoms with Gasteiger partial charge in [0.05, 0.1) is 19.3 Å². The van der Waals surface area contributed by atoms with Crippen LogP contribution < -0.4 is 4.74 Å². The normalized spacial score (nSPS) is 17.6. The van der Waals surface area contributed by atoms with Gasteiger partial charge in [0.1, 0.15) is 5.75 Å².